The summed E-state index contributed by atoms with van der Waals surface area (Å²) in [5.74, 6) is 0.453. The number of aryl methyl sites for hydroxylation is 1. The number of nitrogens with one attached hydrogen (secondary N) is 1. The Morgan fingerprint density at radius 2 is 1.96 bits per heavy atom. The van der Waals surface area contributed by atoms with Crippen molar-refractivity contribution in [1.82, 2.24) is 15.1 Å². The molecule has 2 aromatic rings. The highest BCUT2D eigenvalue weighted by molar-refractivity contribution is 6.38. The van der Waals surface area contributed by atoms with Crippen LogP contribution in [0.2, 0.25) is 10.0 Å². The number of halogens is 2. The molecule has 0 aliphatic heterocycles. The molecule has 1 aromatic carbocycles. The lowest BCUT2D eigenvalue weighted by Crippen LogP contribution is -2.47. The van der Waals surface area contributed by atoms with Gasteiger partial charge in [-0.2, -0.15) is 5.10 Å². The largest absolute Gasteiger partial charge is 0.347 e. The Morgan fingerprint density at radius 3 is 2.56 bits per heavy atom. The van der Waals surface area contributed by atoms with E-state index >= 15 is 0 Å². The van der Waals surface area contributed by atoms with Crippen LogP contribution in [0.3, 0.4) is 0 Å². The lowest BCUT2D eigenvalue weighted by Gasteiger charge is -2.39. The van der Waals surface area contributed by atoms with Crippen LogP contribution in [0, 0.1) is 16.7 Å². The monoisotopic (exact) mass is 405 g/mol. The molecule has 4 rings (SSSR count). The van der Waals surface area contributed by atoms with Crippen molar-refractivity contribution in [3.05, 3.63) is 40.0 Å². The third kappa shape index (κ3) is 2.64. The summed E-state index contributed by atoms with van der Waals surface area (Å²) in [6.45, 7) is 6.97. The van der Waals surface area contributed by atoms with Crippen molar-refractivity contribution in [1.29, 1.82) is 0 Å². The van der Waals surface area contributed by atoms with E-state index in [0.29, 0.717) is 21.7 Å². The summed E-state index contributed by atoms with van der Waals surface area (Å²) in [6.07, 6.45) is 3.42. The first-order valence-electron chi connectivity index (χ1n) is 9.45. The zero-order valence-corrected chi connectivity index (χ0v) is 17.7. The first kappa shape index (κ1) is 18.8. The Kier molecular flexibility index (Phi) is 4.36. The molecule has 144 valence electrons. The second kappa shape index (κ2) is 6.25. The summed E-state index contributed by atoms with van der Waals surface area (Å²) >= 11 is 12.9. The first-order chi connectivity index (χ1) is 12.7. The SMILES string of the molecule is Cn1nc(C(=O)N[C@@H]2C[C@H]3CC[C@]2(C)C3(C)C)c(Cl)c1-c1ccccc1Cl. The van der Waals surface area contributed by atoms with Crippen LogP contribution in [0.4, 0.5) is 0 Å². The zero-order chi connectivity index (χ0) is 19.6. The second-order valence-corrected chi connectivity index (χ2v) is 9.54. The standard InChI is InChI=1S/C21H25Cl2N3O/c1-20(2)12-9-10-21(20,3)15(11-12)24-19(27)17-16(23)18(26(4)25-17)13-7-5-6-8-14(13)22/h5-8,12,15H,9-11H2,1-4H3,(H,24,27)/t12-,15-,21+/m1/s1. The van der Waals surface area contributed by atoms with Gasteiger partial charge in [-0.1, -0.05) is 62.2 Å². The Morgan fingerprint density at radius 1 is 1.26 bits per heavy atom. The van der Waals surface area contributed by atoms with Crippen molar-refractivity contribution < 1.29 is 4.79 Å². The van der Waals surface area contributed by atoms with Crippen LogP contribution >= 0.6 is 23.2 Å². The zero-order valence-electron chi connectivity index (χ0n) is 16.1. The Labute approximate surface area is 170 Å². The van der Waals surface area contributed by atoms with Crippen LogP contribution < -0.4 is 5.32 Å². The van der Waals surface area contributed by atoms with Gasteiger partial charge < -0.3 is 5.32 Å². The normalized spacial score (nSPS) is 28.5. The second-order valence-electron chi connectivity index (χ2n) is 8.75. The summed E-state index contributed by atoms with van der Waals surface area (Å²) in [6, 6.07) is 7.59. The van der Waals surface area contributed by atoms with Gasteiger partial charge in [0.1, 0.15) is 0 Å². The van der Waals surface area contributed by atoms with Gasteiger partial charge in [0.2, 0.25) is 0 Å². The summed E-state index contributed by atoms with van der Waals surface area (Å²) in [7, 11) is 1.78. The fraction of sp³-hybridized carbons (Fsp3) is 0.524. The van der Waals surface area contributed by atoms with E-state index in [1.54, 1.807) is 17.8 Å². The van der Waals surface area contributed by atoms with Gasteiger partial charge in [0.15, 0.2) is 5.69 Å². The number of carbonyl (C=O) groups excluding carboxylic acids is 1. The molecule has 4 nitrogen and oxygen atoms in total. The van der Waals surface area contributed by atoms with Crippen LogP contribution in [-0.4, -0.2) is 21.7 Å². The van der Waals surface area contributed by atoms with Crippen molar-refractivity contribution in [2.45, 2.75) is 46.1 Å². The van der Waals surface area contributed by atoms with E-state index < -0.39 is 0 Å². The topological polar surface area (TPSA) is 46.9 Å². The number of fused-ring (bicyclic) bond motifs is 2. The van der Waals surface area contributed by atoms with Gasteiger partial charge in [-0.25, -0.2) is 0 Å². The van der Waals surface area contributed by atoms with Crippen molar-refractivity contribution in [3.63, 3.8) is 0 Å². The highest BCUT2D eigenvalue weighted by atomic mass is 35.5. The van der Waals surface area contributed by atoms with E-state index in [-0.39, 0.29) is 28.5 Å². The fourth-order valence-electron chi connectivity index (χ4n) is 5.24. The fourth-order valence-corrected chi connectivity index (χ4v) is 5.81. The van der Waals surface area contributed by atoms with Crippen molar-refractivity contribution >= 4 is 29.1 Å². The molecule has 6 heteroatoms. The number of carbonyl (C=O) groups is 1. The highest BCUT2D eigenvalue weighted by Gasteiger charge is 2.61. The molecule has 0 saturated heterocycles. The number of hydrogen-bond acceptors (Lipinski definition) is 2. The molecule has 0 spiro atoms. The molecule has 1 N–H and O–H groups in total. The summed E-state index contributed by atoms with van der Waals surface area (Å²) in [5.41, 5.74) is 2.04. The number of rotatable bonds is 3. The van der Waals surface area contributed by atoms with Gasteiger partial charge in [0, 0.05) is 23.7 Å². The molecule has 3 atom stereocenters. The van der Waals surface area contributed by atoms with Gasteiger partial charge in [0.05, 0.1) is 10.7 Å². The van der Waals surface area contributed by atoms with E-state index in [0.717, 1.165) is 18.4 Å². The molecule has 2 fully saturated rings. The minimum atomic E-state index is -0.205. The lowest BCUT2D eigenvalue weighted by atomic mass is 9.69. The van der Waals surface area contributed by atoms with E-state index in [1.807, 2.05) is 18.2 Å². The Balaban J connectivity index is 1.63. The van der Waals surface area contributed by atoms with E-state index in [2.05, 4.69) is 31.2 Å². The molecule has 2 aliphatic carbocycles. The number of amides is 1. The third-order valence-corrected chi connectivity index (χ3v) is 8.12. The van der Waals surface area contributed by atoms with Crippen molar-refractivity contribution in [2.24, 2.45) is 23.8 Å². The number of hydrogen-bond donors (Lipinski definition) is 1. The minimum Gasteiger partial charge on any atom is -0.347 e. The van der Waals surface area contributed by atoms with E-state index in [9.17, 15) is 4.79 Å². The number of nitrogens with zero attached hydrogens (tertiary/aromatic N) is 2. The van der Waals surface area contributed by atoms with E-state index in [1.165, 1.54) is 6.42 Å². The highest BCUT2D eigenvalue weighted by Crippen LogP contribution is 2.65. The van der Waals surface area contributed by atoms with Crippen LogP contribution in [0.15, 0.2) is 24.3 Å². The maximum atomic E-state index is 13.0. The predicted octanol–water partition coefficient (Wildman–Crippen LogP) is 5.34. The Bertz CT molecular complexity index is 920. The summed E-state index contributed by atoms with van der Waals surface area (Å²) in [4.78, 5) is 13.0. The average Bonchev–Trinajstić information content (AvgIpc) is 3.10. The molecule has 1 amide bonds. The maximum absolute atomic E-state index is 13.0. The number of benzene rings is 1. The minimum absolute atomic E-state index is 0.111. The number of aromatic nitrogens is 2. The molecule has 2 saturated carbocycles. The first-order valence-corrected chi connectivity index (χ1v) is 10.2. The van der Waals surface area contributed by atoms with Gasteiger partial charge >= 0.3 is 0 Å². The molecular formula is C21H25Cl2N3O. The van der Waals surface area contributed by atoms with Gasteiger partial charge in [0.25, 0.3) is 5.91 Å². The smallest absolute Gasteiger partial charge is 0.273 e. The van der Waals surface area contributed by atoms with Crippen molar-refractivity contribution in [2.75, 3.05) is 0 Å². The predicted molar refractivity (Wildman–Crippen MR) is 109 cm³/mol. The quantitative estimate of drug-likeness (QED) is 0.748. The van der Waals surface area contributed by atoms with Crippen LogP contribution in [0.5, 0.6) is 0 Å². The molecule has 0 unspecified atom stereocenters. The van der Waals surface area contributed by atoms with Gasteiger partial charge in [-0.3, -0.25) is 9.48 Å². The van der Waals surface area contributed by atoms with Gasteiger partial charge in [-0.15, -0.1) is 0 Å². The Hall–Kier alpha value is -1.52. The van der Waals surface area contributed by atoms with Crippen LogP contribution in [-0.2, 0) is 7.05 Å². The lowest BCUT2D eigenvalue weighted by molar-refractivity contribution is 0.0821. The average molecular weight is 406 g/mol. The van der Waals surface area contributed by atoms with Crippen LogP contribution in [0.1, 0.15) is 50.5 Å². The molecule has 2 aliphatic rings. The molecular weight excluding hydrogens is 381 g/mol. The van der Waals surface area contributed by atoms with E-state index in [4.69, 9.17) is 23.2 Å². The molecule has 2 bridgehead atoms. The molecule has 1 heterocycles. The van der Waals surface area contributed by atoms with Gasteiger partial charge in [-0.05, 0) is 42.1 Å². The summed E-state index contributed by atoms with van der Waals surface area (Å²) in [5, 5.41) is 8.57. The third-order valence-electron chi connectivity index (χ3n) is 7.43. The molecule has 0 radical (unpaired) electrons. The molecule has 27 heavy (non-hydrogen) atoms. The summed E-state index contributed by atoms with van der Waals surface area (Å²) < 4.78 is 1.63. The van der Waals surface area contributed by atoms with Crippen LogP contribution in [0.25, 0.3) is 11.3 Å². The maximum Gasteiger partial charge on any atom is 0.273 e. The van der Waals surface area contributed by atoms with Crippen molar-refractivity contribution in [3.8, 4) is 11.3 Å². The molecule has 1 aromatic heterocycles.